The fourth-order valence-corrected chi connectivity index (χ4v) is 2.13. The fraction of sp³-hybridized carbons (Fsp3) is 0.312. The Morgan fingerprint density at radius 3 is 2.59 bits per heavy atom. The summed E-state index contributed by atoms with van der Waals surface area (Å²) in [5.74, 6) is 0.576. The molecule has 0 amide bonds. The zero-order valence-electron chi connectivity index (χ0n) is 10.8. The molecule has 1 nitrogen and oxygen atoms in total. The van der Waals surface area contributed by atoms with E-state index in [-0.39, 0.29) is 0 Å². The molecule has 1 unspecified atom stereocenters. The number of hydrogen-bond acceptors (Lipinski definition) is 1. The summed E-state index contributed by atoms with van der Waals surface area (Å²) in [7, 11) is 0. The quantitative estimate of drug-likeness (QED) is 0.745. The summed E-state index contributed by atoms with van der Waals surface area (Å²) in [6.07, 6.45) is 3.03. The van der Waals surface area contributed by atoms with Gasteiger partial charge in [0, 0.05) is 11.8 Å². The van der Waals surface area contributed by atoms with Crippen LogP contribution in [-0.4, -0.2) is 4.98 Å². The summed E-state index contributed by atoms with van der Waals surface area (Å²) >= 11 is 0. The highest BCUT2D eigenvalue weighted by atomic mass is 14.7. The molecule has 1 heterocycles. The Morgan fingerprint density at radius 2 is 1.88 bits per heavy atom. The van der Waals surface area contributed by atoms with E-state index in [1.165, 1.54) is 16.7 Å². The first-order valence-electron chi connectivity index (χ1n) is 6.25. The standard InChI is InChI=1S/C16H19N/c1-4-12(2)14-9-5-6-10-15(14)16-13(3)8-7-11-17-16/h5-12H,4H2,1-3H3. The van der Waals surface area contributed by atoms with Crippen molar-refractivity contribution >= 4 is 0 Å². The molecule has 0 saturated carbocycles. The molecule has 1 atom stereocenters. The lowest BCUT2D eigenvalue weighted by Gasteiger charge is -2.15. The van der Waals surface area contributed by atoms with Crippen molar-refractivity contribution in [3.63, 3.8) is 0 Å². The minimum atomic E-state index is 0.576. The molecule has 0 spiro atoms. The SMILES string of the molecule is CCC(C)c1ccccc1-c1ncccc1C. The molecule has 0 saturated heterocycles. The van der Waals surface area contributed by atoms with Gasteiger partial charge in [-0.05, 0) is 36.5 Å². The Kier molecular flexibility index (Phi) is 3.58. The minimum Gasteiger partial charge on any atom is -0.256 e. The highest BCUT2D eigenvalue weighted by Gasteiger charge is 2.11. The molecule has 0 radical (unpaired) electrons. The summed E-state index contributed by atoms with van der Waals surface area (Å²) in [6, 6.07) is 12.7. The van der Waals surface area contributed by atoms with Gasteiger partial charge in [0.15, 0.2) is 0 Å². The van der Waals surface area contributed by atoms with Crippen LogP contribution in [0.2, 0.25) is 0 Å². The molecule has 0 aliphatic heterocycles. The van der Waals surface area contributed by atoms with E-state index in [9.17, 15) is 0 Å². The Bertz CT molecular complexity index is 502. The van der Waals surface area contributed by atoms with E-state index >= 15 is 0 Å². The summed E-state index contributed by atoms with van der Waals surface area (Å²) in [4.78, 5) is 4.53. The highest BCUT2D eigenvalue weighted by Crippen LogP contribution is 2.30. The smallest absolute Gasteiger partial charge is 0.0733 e. The van der Waals surface area contributed by atoms with Gasteiger partial charge >= 0.3 is 0 Å². The molecule has 0 aliphatic rings. The Labute approximate surface area is 104 Å². The zero-order valence-corrected chi connectivity index (χ0v) is 10.8. The number of benzene rings is 1. The lowest BCUT2D eigenvalue weighted by Crippen LogP contribution is -1.97. The van der Waals surface area contributed by atoms with Crippen molar-refractivity contribution in [1.82, 2.24) is 4.98 Å². The Hall–Kier alpha value is -1.63. The molecule has 0 aliphatic carbocycles. The molecule has 2 rings (SSSR count). The number of rotatable bonds is 3. The molecule has 88 valence electrons. The van der Waals surface area contributed by atoms with Gasteiger partial charge in [0.25, 0.3) is 0 Å². The van der Waals surface area contributed by atoms with Gasteiger partial charge in [-0.2, -0.15) is 0 Å². The molecule has 0 bridgehead atoms. The van der Waals surface area contributed by atoms with Gasteiger partial charge in [0.1, 0.15) is 0 Å². The van der Waals surface area contributed by atoms with Crippen molar-refractivity contribution in [2.45, 2.75) is 33.1 Å². The van der Waals surface area contributed by atoms with Crippen LogP contribution in [0.4, 0.5) is 0 Å². The number of aryl methyl sites for hydroxylation is 1. The van der Waals surface area contributed by atoms with Crippen LogP contribution in [0.25, 0.3) is 11.3 Å². The summed E-state index contributed by atoms with van der Waals surface area (Å²) in [5.41, 5.74) is 5.03. The number of pyridine rings is 1. The van der Waals surface area contributed by atoms with E-state index in [1.807, 2.05) is 12.3 Å². The second-order valence-electron chi connectivity index (χ2n) is 4.57. The monoisotopic (exact) mass is 225 g/mol. The average molecular weight is 225 g/mol. The van der Waals surface area contributed by atoms with E-state index in [4.69, 9.17) is 0 Å². The lowest BCUT2D eigenvalue weighted by atomic mass is 9.91. The molecule has 1 aromatic heterocycles. The van der Waals surface area contributed by atoms with Gasteiger partial charge in [-0.25, -0.2) is 0 Å². The third-order valence-corrected chi connectivity index (χ3v) is 3.37. The van der Waals surface area contributed by atoms with Crippen LogP contribution in [0, 0.1) is 6.92 Å². The molecule has 1 heteroatoms. The predicted molar refractivity (Wildman–Crippen MR) is 73.1 cm³/mol. The normalized spacial score (nSPS) is 12.4. The molecule has 17 heavy (non-hydrogen) atoms. The van der Waals surface area contributed by atoms with Gasteiger partial charge in [-0.15, -0.1) is 0 Å². The predicted octanol–water partition coefficient (Wildman–Crippen LogP) is 4.57. The number of nitrogens with zero attached hydrogens (tertiary/aromatic N) is 1. The van der Waals surface area contributed by atoms with Crippen LogP contribution in [-0.2, 0) is 0 Å². The Balaban J connectivity index is 2.56. The van der Waals surface area contributed by atoms with E-state index in [0.717, 1.165) is 12.1 Å². The number of aromatic nitrogens is 1. The van der Waals surface area contributed by atoms with E-state index in [0.29, 0.717) is 5.92 Å². The highest BCUT2D eigenvalue weighted by molar-refractivity contribution is 5.67. The fourth-order valence-electron chi connectivity index (χ4n) is 2.13. The maximum absolute atomic E-state index is 4.53. The second-order valence-corrected chi connectivity index (χ2v) is 4.57. The Morgan fingerprint density at radius 1 is 1.12 bits per heavy atom. The zero-order chi connectivity index (χ0) is 12.3. The van der Waals surface area contributed by atoms with Crippen molar-refractivity contribution in [1.29, 1.82) is 0 Å². The van der Waals surface area contributed by atoms with Crippen LogP contribution in [0.15, 0.2) is 42.6 Å². The van der Waals surface area contributed by atoms with E-state index < -0.39 is 0 Å². The van der Waals surface area contributed by atoms with Gasteiger partial charge in [0.2, 0.25) is 0 Å². The topological polar surface area (TPSA) is 12.9 Å². The first-order chi connectivity index (χ1) is 8.24. The average Bonchev–Trinajstić information content (AvgIpc) is 2.38. The van der Waals surface area contributed by atoms with Gasteiger partial charge in [-0.3, -0.25) is 4.98 Å². The lowest BCUT2D eigenvalue weighted by molar-refractivity contribution is 0.735. The molecular formula is C16H19N. The first kappa shape index (κ1) is 11.8. The van der Waals surface area contributed by atoms with Gasteiger partial charge < -0.3 is 0 Å². The van der Waals surface area contributed by atoms with Crippen molar-refractivity contribution in [3.8, 4) is 11.3 Å². The van der Waals surface area contributed by atoms with Crippen LogP contribution in [0.3, 0.4) is 0 Å². The summed E-state index contributed by atoms with van der Waals surface area (Å²) in [6.45, 7) is 6.62. The van der Waals surface area contributed by atoms with Crippen LogP contribution < -0.4 is 0 Å². The first-order valence-corrected chi connectivity index (χ1v) is 6.25. The van der Waals surface area contributed by atoms with Crippen LogP contribution >= 0.6 is 0 Å². The van der Waals surface area contributed by atoms with E-state index in [2.05, 4.69) is 56.1 Å². The van der Waals surface area contributed by atoms with Crippen molar-refractivity contribution in [3.05, 3.63) is 53.7 Å². The van der Waals surface area contributed by atoms with E-state index in [1.54, 1.807) is 0 Å². The van der Waals surface area contributed by atoms with Crippen LogP contribution in [0.5, 0.6) is 0 Å². The number of hydrogen-bond donors (Lipinski definition) is 0. The third-order valence-electron chi connectivity index (χ3n) is 3.37. The summed E-state index contributed by atoms with van der Waals surface area (Å²) < 4.78 is 0. The maximum atomic E-state index is 4.53. The second kappa shape index (κ2) is 5.13. The molecular weight excluding hydrogens is 206 g/mol. The molecule has 2 aromatic rings. The van der Waals surface area contributed by atoms with Crippen molar-refractivity contribution in [2.24, 2.45) is 0 Å². The van der Waals surface area contributed by atoms with Crippen molar-refractivity contribution < 1.29 is 0 Å². The molecule has 1 aromatic carbocycles. The largest absolute Gasteiger partial charge is 0.256 e. The van der Waals surface area contributed by atoms with Crippen LogP contribution in [0.1, 0.15) is 37.3 Å². The van der Waals surface area contributed by atoms with Gasteiger partial charge in [0.05, 0.1) is 5.69 Å². The van der Waals surface area contributed by atoms with Crippen molar-refractivity contribution in [2.75, 3.05) is 0 Å². The van der Waals surface area contributed by atoms with Gasteiger partial charge in [-0.1, -0.05) is 44.2 Å². The maximum Gasteiger partial charge on any atom is 0.0733 e. The third kappa shape index (κ3) is 2.38. The summed E-state index contributed by atoms with van der Waals surface area (Å²) in [5, 5.41) is 0. The molecule has 0 fully saturated rings. The molecule has 0 N–H and O–H groups in total. The minimum absolute atomic E-state index is 0.576.